The Kier molecular flexibility index (Phi) is 6.01. The van der Waals surface area contributed by atoms with Gasteiger partial charge in [-0.3, -0.25) is 0 Å². The van der Waals surface area contributed by atoms with Crippen LogP contribution in [-0.2, 0) is 16.6 Å². The second-order valence-corrected chi connectivity index (χ2v) is 8.13. The highest BCUT2D eigenvalue weighted by Crippen LogP contribution is 2.27. The van der Waals surface area contributed by atoms with E-state index in [1.807, 2.05) is 6.92 Å². The van der Waals surface area contributed by atoms with Crippen LogP contribution in [0.15, 0.2) is 16.3 Å². The number of rotatable bonds is 8. The van der Waals surface area contributed by atoms with Crippen molar-refractivity contribution in [2.45, 2.75) is 50.5 Å². The molecule has 1 aromatic rings. The van der Waals surface area contributed by atoms with Crippen LogP contribution < -0.4 is 10.0 Å². The van der Waals surface area contributed by atoms with Gasteiger partial charge in [-0.05, 0) is 24.9 Å². The maximum atomic E-state index is 12.2. The molecule has 1 heterocycles. The first-order valence-electron chi connectivity index (χ1n) is 7.39. The predicted molar refractivity (Wildman–Crippen MR) is 83.5 cm³/mol. The predicted octanol–water partition coefficient (Wildman–Crippen LogP) is 2.72. The maximum absolute atomic E-state index is 12.2. The van der Waals surface area contributed by atoms with Gasteiger partial charge in [-0.25, -0.2) is 13.1 Å². The van der Waals surface area contributed by atoms with Crippen LogP contribution in [0.3, 0.4) is 0 Å². The molecular formula is C14H24N2O2S2. The molecule has 2 rings (SSSR count). The Morgan fingerprint density at radius 1 is 1.35 bits per heavy atom. The molecule has 1 saturated carbocycles. The molecule has 1 aliphatic rings. The molecule has 0 spiro atoms. The van der Waals surface area contributed by atoms with E-state index < -0.39 is 10.0 Å². The van der Waals surface area contributed by atoms with Gasteiger partial charge >= 0.3 is 0 Å². The summed E-state index contributed by atoms with van der Waals surface area (Å²) in [6, 6.07) is 1.77. The summed E-state index contributed by atoms with van der Waals surface area (Å²) in [6.07, 6.45) is 6.08. The summed E-state index contributed by atoms with van der Waals surface area (Å²) in [5.41, 5.74) is 0. The van der Waals surface area contributed by atoms with Crippen molar-refractivity contribution >= 4 is 21.4 Å². The Bertz CT molecular complexity index is 505. The average molecular weight is 316 g/mol. The zero-order valence-electron chi connectivity index (χ0n) is 12.0. The second-order valence-electron chi connectivity index (χ2n) is 5.37. The first-order chi connectivity index (χ1) is 9.62. The molecule has 0 amide bonds. The first-order valence-corrected chi connectivity index (χ1v) is 9.76. The zero-order chi connectivity index (χ0) is 14.4. The highest BCUT2D eigenvalue weighted by atomic mass is 32.2. The van der Waals surface area contributed by atoms with Crippen LogP contribution in [-0.4, -0.2) is 21.5 Å². The average Bonchev–Trinajstić information content (AvgIpc) is 3.07. The third-order valence-corrected chi connectivity index (χ3v) is 6.34. The van der Waals surface area contributed by atoms with E-state index in [4.69, 9.17) is 0 Å². The van der Waals surface area contributed by atoms with E-state index in [2.05, 4.69) is 10.0 Å². The van der Waals surface area contributed by atoms with Crippen molar-refractivity contribution in [2.24, 2.45) is 5.92 Å². The van der Waals surface area contributed by atoms with E-state index in [-0.39, 0.29) is 0 Å². The maximum Gasteiger partial charge on any atom is 0.241 e. The van der Waals surface area contributed by atoms with Crippen molar-refractivity contribution in [3.63, 3.8) is 0 Å². The van der Waals surface area contributed by atoms with E-state index in [9.17, 15) is 8.42 Å². The minimum atomic E-state index is -3.32. The molecule has 0 bridgehead atoms. The summed E-state index contributed by atoms with van der Waals surface area (Å²) < 4.78 is 27.1. The Morgan fingerprint density at radius 2 is 2.10 bits per heavy atom. The van der Waals surface area contributed by atoms with Gasteiger partial charge in [0.2, 0.25) is 10.0 Å². The molecule has 0 aromatic carbocycles. The molecule has 4 nitrogen and oxygen atoms in total. The van der Waals surface area contributed by atoms with Crippen LogP contribution in [0.4, 0.5) is 0 Å². The van der Waals surface area contributed by atoms with Crippen LogP contribution in [0.25, 0.3) is 0 Å². The van der Waals surface area contributed by atoms with Crippen molar-refractivity contribution in [2.75, 3.05) is 13.1 Å². The van der Waals surface area contributed by atoms with E-state index in [1.165, 1.54) is 37.0 Å². The number of hydrogen-bond acceptors (Lipinski definition) is 4. The van der Waals surface area contributed by atoms with Crippen molar-refractivity contribution in [3.8, 4) is 0 Å². The van der Waals surface area contributed by atoms with E-state index in [0.717, 1.165) is 24.4 Å². The van der Waals surface area contributed by atoms with Crippen molar-refractivity contribution < 1.29 is 8.42 Å². The lowest BCUT2D eigenvalue weighted by molar-refractivity contribution is 0.496. The number of sulfonamides is 1. The Morgan fingerprint density at radius 3 is 2.80 bits per heavy atom. The van der Waals surface area contributed by atoms with Gasteiger partial charge in [0.05, 0.1) is 4.90 Å². The van der Waals surface area contributed by atoms with Crippen LogP contribution in [0, 0.1) is 5.92 Å². The molecule has 1 aliphatic carbocycles. The fraction of sp³-hybridized carbons (Fsp3) is 0.714. The molecule has 0 atom stereocenters. The van der Waals surface area contributed by atoms with Gasteiger partial charge in [0.1, 0.15) is 0 Å². The van der Waals surface area contributed by atoms with Gasteiger partial charge in [-0.2, -0.15) is 0 Å². The largest absolute Gasteiger partial charge is 0.312 e. The molecule has 6 heteroatoms. The minimum Gasteiger partial charge on any atom is -0.312 e. The lowest BCUT2D eigenvalue weighted by Gasteiger charge is -2.09. The summed E-state index contributed by atoms with van der Waals surface area (Å²) in [6.45, 7) is 4.22. The molecular weight excluding hydrogens is 292 g/mol. The summed E-state index contributed by atoms with van der Waals surface area (Å²) in [5.74, 6) is 0.712. The summed E-state index contributed by atoms with van der Waals surface area (Å²) in [4.78, 5) is 1.46. The van der Waals surface area contributed by atoms with Gasteiger partial charge < -0.3 is 5.32 Å². The molecule has 1 aromatic heterocycles. The molecule has 0 unspecified atom stereocenters. The van der Waals surface area contributed by atoms with E-state index >= 15 is 0 Å². The highest BCUT2D eigenvalue weighted by molar-refractivity contribution is 7.89. The second kappa shape index (κ2) is 7.54. The number of nitrogens with one attached hydrogen (secondary N) is 2. The van der Waals surface area contributed by atoms with Crippen LogP contribution in [0.1, 0.15) is 43.9 Å². The monoisotopic (exact) mass is 316 g/mol. The van der Waals surface area contributed by atoms with Crippen LogP contribution >= 0.6 is 11.3 Å². The zero-order valence-corrected chi connectivity index (χ0v) is 13.7. The van der Waals surface area contributed by atoms with E-state index in [1.54, 1.807) is 11.4 Å². The van der Waals surface area contributed by atoms with Crippen molar-refractivity contribution in [1.29, 1.82) is 0 Å². The molecule has 1 fully saturated rings. The fourth-order valence-electron chi connectivity index (χ4n) is 2.62. The Labute approximate surface area is 126 Å². The van der Waals surface area contributed by atoms with Crippen molar-refractivity contribution in [3.05, 3.63) is 16.3 Å². The van der Waals surface area contributed by atoms with Gasteiger partial charge in [0.15, 0.2) is 0 Å². The van der Waals surface area contributed by atoms with Crippen LogP contribution in [0.5, 0.6) is 0 Å². The van der Waals surface area contributed by atoms with Gasteiger partial charge in [0.25, 0.3) is 0 Å². The summed E-state index contributed by atoms with van der Waals surface area (Å²) >= 11 is 1.49. The third-order valence-electron chi connectivity index (χ3n) is 3.81. The lowest BCUT2D eigenvalue weighted by atomic mass is 10.1. The Balaban J connectivity index is 1.83. The smallest absolute Gasteiger partial charge is 0.241 e. The number of thiophene rings is 1. The molecule has 20 heavy (non-hydrogen) atoms. The van der Waals surface area contributed by atoms with Crippen molar-refractivity contribution in [1.82, 2.24) is 10.0 Å². The lowest BCUT2D eigenvalue weighted by Crippen LogP contribution is -2.25. The van der Waals surface area contributed by atoms with Gasteiger partial charge in [-0.15, -0.1) is 11.3 Å². The molecule has 2 N–H and O–H groups in total. The number of hydrogen-bond donors (Lipinski definition) is 2. The quantitative estimate of drug-likeness (QED) is 0.775. The van der Waals surface area contributed by atoms with Crippen LogP contribution in [0.2, 0.25) is 0 Å². The normalized spacial score (nSPS) is 16.9. The summed E-state index contributed by atoms with van der Waals surface area (Å²) in [7, 11) is -3.32. The highest BCUT2D eigenvalue weighted by Gasteiger charge is 2.18. The van der Waals surface area contributed by atoms with Gasteiger partial charge in [0, 0.05) is 23.3 Å². The molecule has 0 radical (unpaired) electrons. The SMILES string of the molecule is CCNCc1cc(S(=O)(=O)NCCC2CCCC2)cs1. The first kappa shape index (κ1) is 15.9. The summed E-state index contributed by atoms with van der Waals surface area (Å²) in [5, 5.41) is 4.93. The minimum absolute atomic E-state index is 0.404. The fourth-order valence-corrected chi connectivity index (χ4v) is 4.91. The molecule has 0 saturated heterocycles. The molecule has 0 aliphatic heterocycles. The van der Waals surface area contributed by atoms with E-state index in [0.29, 0.717) is 17.4 Å². The standard InChI is InChI=1S/C14H24N2O2S2/c1-2-15-10-13-9-14(11-19-13)20(17,18)16-8-7-12-5-3-4-6-12/h9,11-12,15-16H,2-8,10H2,1H3. The molecule has 114 valence electrons. The third kappa shape index (κ3) is 4.55. The Hall–Kier alpha value is -0.430. The topological polar surface area (TPSA) is 58.2 Å². The van der Waals surface area contributed by atoms with Gasteiger partial charge in [-0.1, -0.05) is 32.6 Å².